The summed E-state index contributed by atoms with van der Waals surface area (Å²) in [7, 11) is 0. The van der Waals surface area contributed by atoms with E-state index < -0.39 is 0 Å². The summed E-state index contributed by atoms with van der Waals surface area (Å²) < 4.78 is 0. The summed E-state index contributed by atoms with van der Waals surface area (Å²) in [6.45, 7) is 3.86. The minimum Gasteiger partial charge on any atom is -0.330 e. The normalized spacial score (nSPS) is 12.8. The van der Waals surface area contributed by atoms with Gasteiger partial charge in [0, 0.05) is 18.4 Å². The first kappa shape index (κ1) is 10.2. The third-order valence-electron chi connectivity index (χ3n) is 2.04. The number of hydrogen-bond donors (Lipinski definition) is 2. The zero-order valence-corrected chi connectivity index (χ0v) is 8.03. The number of nitrogens with two attached hydrogens (primary N) is 1. The van der Waals surface area contributed by atoms with Crippen molar-refractivity contribution in [1.29, 1.82) is 0 Å². The van der Waals surface area contributed by atoms with Crippen LogP contribution < -0.4 is 11.1 Å². The SMILES string of the molecule is C[C@@H](NCCCN)c1ccncc1. The minimum atomic E-state index is 0.384. The van der Waals surface area contributed by atoms with E-state index in [1.807, 2.05) is 24.5 Å². The maximum Gasteiger partial charge on any atom is 0.0292 e. The van der Waals surface area contributed by atoms with Crippen LogP contribution in [0.1, 0.15) is 24.9 Å². The first-order chi connectivity index (χ1) is 6.34. The van der Waals surface area contributed by atoms with Crippen LogP contribution in [0, 0.1) is 0 Å². The van der Waals surface area contributed by atoms with Crippen LogP contribution in [0.25, 0.3) is 0 Å². The zero-order chi connectivity index (χ0) is 9.52. The van der Waals surface area contributed by atoms with Crippen molar-refractivity contribution >= 4 is 0 Å². The van der Waals surface area contributed by atoms with Gasteiger partial charge < -0.3 is 11.1 Å². The van der Waals surface area contributed by atoms with E-state index in [-0.39, 0.29) is 0 Å². The van der Waals surface area contributed by atoms with E-state index in [1.165, 1.54) is 5.56 Å². The van der Waals surface area contributed by atoms with Crippen LogP contribution in [0.15, 0.2) is 24.5 Å². The molecule has 0 amide bonds. The van der Waals surface area contributed by atoms with Crippen LogP contribution in [-0.2, 0) is 0 Å². The Morgan fingerprint density at radius 2 is 2.15 bits per heavy atom. The molecule has 1 heterocycles. The fourth-order valence-electron chi connectivity index (χ4n) is 1.19. The van der Waals surface area contributed by atoms with Gasteiger partial charge in [0.25, 0.3) is 0 Å². The average Bonchev–Trinajstić information content (AvgIpc) is 2.19. The van der Waals surface area contributed by atoms with Crippen LogP contribution in [0.3, 0.4) is 0 Å². The van der Waals surface area contributed by atoms with Crippen molar-refractivity contribution in [3.63, 3.8) is 0 Å². The molecule has 0 bridgehead atoms. The van der Waals surface area contributed by atoms with Crippen LogP contribution in [-0.4, -0.2) is 18.1 Å². The third kappa shape index (κ3) is 3.53. The summed E-state index contributed by atoms with van der Waals surface area (Å²) in [5.74, 6) is 0. The molecule has 0 aromatic carbocycles. The molecular weight excluding hydrogens is 162 g/mol. The lowest BCUT2D eigenvalue weighted by molar-refractivity contribution is 0.561. The fraction of sp³-hybridized carbons (Fsp3) is 0.500. The predicted octanol–water partition coefficient (Wildman–Crippen LogP) is 1.08. The standard InChI is InChI=1S/C10H17N3/c1-9(13-6-2-5-11)10-3-7-12-8-4-10/h3-4,7-9,13H,2,5-6,11H2,1H3/t9-/m1/s1. The molecule has 72 valence electrons. The molecule has 1 rings (SSSR count). The van der Waals surface area contributed by atoms with Crippen molar-refractivity contribution in [1.82, 2.24) is 10.3 Å². The summed E-state index contributed by atoms with van der Waals surface area (Å²) in [5, 5.41) is 3.39. The van der Waals surface area contributed by atoms with Gasteiger partial charge in [0.1, 0.15) is 0 Å². The molecule has 0 radical (unpaired) electrons. The lowest BCUT2D eigenvalue weighted by atomic mass is 10.1. The van der Waals surface area contributed by atoms with E-state index in [4.69, 9.17) is 5.73 Å². The van der Waals surface area contributed by atoms with E-state index in [0.29, 0.717) is 6.04 Å². The van der Waals surface area contributed by atoms with Gasteiger partial charge in [-0.2, -0.15) is 0 Å². The van der Waals surface area contributed by atoms with E-state index in [1.54, 1.807) is 0 Å². The molecule has 0 spiro atoms. The molecule has 3 nitrogen and oxygen atoms in total. The maximum atomic E-state index is 5.40. The highest BCUT2D eigenvalue weighted by molar-refractivity contribution is 5.13. The monoisotopic (exact) mass is 179 g/mol. The molecule has 0 fully saturated rings. The summed E-state index contributed by atoms with van der Waals surface area (Å²) in [6, 6.07) is 4.44. The van der Waals surface area contributed by atoms with Crippen molar-refractivity contribution in [2.24, 2.45) is 5.73 Å². The Morgan fingerprint density at radius 3 is 2.77 bits per heavy atom. The Kier molecular flexibility index (Phi) is 4.43. The van der Waals surface area contributed by atoms with Crippen molar-refractivity contribution < 1.29 is 0 Å². The van der Waals surface area contributed by atoms with Gasteiger partial charge >= 0.3 is 0 Å². The molecule has 1 aromatic heterocycles. The molecule has 0 aliphatic heterocycles. The Labute approximate surface area is 79.4 Å². The Morgan fingerprint density at radius 1 is 1.46 bits per heavy atom. The summed E-state index contributed by atoms with van der Waals surface area (Å²) in [6.07, 6.45) is 4.66. The number of hydrogen-bond acceptors (Lipinski definition) is 3. The quantitative estimate of drug-likeness (QED) is 0.665. The molecule has 3 heteroatoms. The van der Waals surface area contributed by atoms with Crippen molar-refractivity contribution in [2.45, 2.75) is 19.4 Å². The lowest BCUT2D eigenvalue weighted by Gasteiger charge is -2.13. The average molecular weight is 179 g/mol. The molecular formula is C10H17N3. The molecule has 0 aliphatic carbocycles. The van der Waals surface area contributed by atoms with Gasteiger partial charge in [0.15, 0.2) is 0 Å². The van der Waals surface area contributed by atoms with Gasteiger partial charge in [-0.3, -0.25) is 4.98 Å². The van der Waals surface area contributed by atoms with Crippen LogP contribution >= 0.6 is 0 Å². The second kappa shape index (κ2) is 5.67. The molecule has 0 saturated carbocycles. The highest BCUT2D eigenvalue weighted by Crippen LogP contribution is 2.09. The summed E-state index contributed by atoms with van der Waals surface area (Å²) >= 11 is 0. The molecule has 1 atom stereocenters. The smallest absolute Gasteiger partial charge is 0.0292 e. The molecule has 3 N–H and O–H groups in total. The van der Waals surface area contributed by atoms with E-state index in [9.17, 15) is 0 Å². The fourth-order valence-corrected chi connectivity index (χ4v) is 1.19. The minimum absolute atomic E-state index is 0.384. The van der Waals surface area contributed by atoms with E-state index in [0.717, 1.165) is 19.5 Å². The van der Waals surface area contributed by atoms with Gasteiger partial charge in [-0.1, -0.05) is 0 Å². The van der Waals surface area contributed by atoms with E-state index in [2.05, 4.69) is 17.2 Å². The Balaban J connectivity index is 2.35. The maximum absolute atomic E-state index is 5.40. The number of pyridine rings is 1. The number of nitrogens with zero attached hydrogens (tertiary/aromatic N) is 1. The van der Waals surface area contributed by atoms with Gasteiger partial charge in [-0.25, -0.2) is 0 Å². The topological polar surface area (TPSA) is 50.9 Å². The van der Waals surface area contributed by atoms with Gasteiger partial charge in [-0.05, 0) is 44.1 Å². The van der Waals surface area contributed by atoms with Crippen LogP contribution in [0.2, 0.25) is 0 Å². The van der Waals surface area contributed by atoms with Gasteiger partial charge in [0.2, 0.25) is 0 Å². The Hall–Kier alpha value is -0.930. The molecule has 0 aliphatic rings. The lowest BCUT2D eigenvalue weighted by Crippen LogP contribution is -2.21. The first-order valence-corrected chi connectivity index (χ1v) is 4.68. The first-order valence-electron chi connectivity index (χ1n) is 4.68. The van der Waals surface area contributed by atoms with Gasteiger partial charge in [-0.15, -0.1) is 0 Å². The molecule has 1 aromatic rings. The number of rotatable bonds is 5. The predicted molar refractivity (Wildman–Crippen MR) is 54.3 cm³/mol. The second-order valence-electron chi connectivity index (χ2n) is 3.10. The van der Waals surface area contributed by atoms with Crippen molar-refractivity contribution in [2.75, 3.05) is 13.1 Å². The van der Waals surface area contributed by atoms with E-state index >= 15 is 0 Å². The second-order valence-corrected chi connectivity index (χ2v) is 3.10. The molecule has 0 unspecified atom stereocenters. The summed E-state index contributed by atoms with van der Waals surface area (Å²) in [4.78, 5) is 3.98. The largest absolute Gasteiger partial charge is 0.330 e. The summed E-state index contributed by atoms with van der Waals surface area (Å²) in [5.41, 5.74) is 6.67. The number of nitrogens with one attached hydrogen (secondary N) is 1. The van der Waals surface area contributed by atoms with Crippen molar-refractivity contribution in [3.05, 3.63) is 30.1 Å². The third-order valence-corrected chi connectivity index (χ3v) is 2.04. The van der Waals surface area contributed by atoms with Crippen molar-refractivity contribution in [3.8, 4) is 0 Å². The number of aromatic nitrogens is 1. The zero-order valence-electron chi connectivity index (χ0n) is 8.03. The van der Waals surface area contributed by atoms with Crippen LogP contribution in [0.4, 0.5) is 0 Å². The highest BCUT2D eigenvalue weighted by Gasteiger charge is 2.01. The Bertz CT molecular complexity index is 223. The molecule has 0 saturated heterocycles. The van der Waals surface area contributed by atoms with Crippen LogP contribution in [0.5, 0.6) is 0 Å². The van der Waals surface area contributed by atoms with Gasteiger partial charge in [0.05, 0.1) is 0 Å². The highest BCUT2D eigenvalue weighted by atomic mass is 14.9. The molecule has 13 heavy (non-hydrogen) atoms.